The third-order valence-corrected chi connectivity index (χ3v) is 5.43. The van der Waals surface area contributed by atoms with E-state index < -0.39 is 68.0 Å². The van der Waals surface area contributed by atoms with Gasteiger partial charge in [-0.2, -0.15) is 0 Å². The predicted molar refractivity (Wildman–Crippen MR) is 106 cm³/mol. The highest BCUT2D eigenvalue weighted by atomic mass is 16.7. The van der Waals surface area contributed by atoms with Crippen LogP contribution in [-0.2, 0) is 18.9 Å². The van der Waals surface area contributed by atoms with Crippen molar-refractivity contribution < 1.29 is 54.7 Å². The van der Waals surface area contributed by atoms with E-state index in [4.69, 9.17) is 18.9 Å². The number of allylic oxidation sites excluding steroid dienone is 2. The second-order valence-electron chi connectivity index (χ2n) is 8.35. The molecule has 2 aliphatic rings. The van der Waals surface area contributed by atoms with Gasteiger partial charge in [-0.15, -0.1) is 0 Å². The third-order valence-electron chi connectivity index (χ3n) is 5.43. The first-order valence-electron chi connectivity index (χ1n) is 10.5. The van der Waals surface area contributed by atoms with Crippen LogP contribution in [0, 0.1) is 0 Å². The average Bonchev–Trinajstić information content (AvgIpc) is 2.72. The molecule has 2 heterocycles. The van der Waals surface area contributed by atoms with Crippen LogP contribution in [0.2, 0.25) is 0 Å². The maximum Gasteiger partial charge on any atom is 0.186 e. The average molecular weight is 452 g/mol. The number of hydrogen-bond donors (Lipinski definition) is 7. The van der Waals surface area contributed by atoms with Gasteiger partial charge in [-0.05, 0) is 33.6 Å². The lowest BCUT2D eigenvalue weighted by Crippen LogP contribution is -2.62. The quantitative estimate of drug-likeness (QED) is 0.188. The summed E-state index contributed by atoms with van der Waals surface area (Å²) in [5.74, 6) is 0. The molecule has 0 saturated carbocycles. The molecule has 0 aromatic heterocycles. The van der Waals surface area contributed by atoms with E-state index in [1.54, 1.807) is 6.92 Å². The topological polar surface area (TPSA) is 179 Å². The molecule has 0 aliphatic carbocycles. The van der Waals surface area contributed by atoms with E-state index in [0.29, 0.717) is 6.42 Å². The number of hydrogen-bond acceptors (Lipinski definition) is 11. The molecule has 7 N–H and O–H groups in total. The standard InChI is InChI=1S/C20H36O11/c1-9(2)5-4-6-10(3)29-20-18(27)16(25)14(23)12(31-20)8-28-19-17(26)15(24)13(22)11(7-21)30-19/h5,10-27H,4,6-8H2,1-3H3. The predicted octanol–water partition coefficient (Wildman–Crippen LogP) is -2.24. The van der Waals surface area contributed by atoms with Crippen molar-refractivity contribution in [2.75, 3.05) is 13.2 Å². The lowest BCUT2D eigenvalue weighted by molar-refractivity contribution is -0.335. The van der Waals surface area contributed by atoms with E-state index in [0.717, 1.165) is 6.42 Å². The monoisotopic (exact) mass is 452 g/mol. The number of ether oxygens (including phenoxy) is 4. The molecule has 11 unspecified atom stereocenters. The molecule has 0 spiro atoms. The first kappa shape index (κ1) is 26.6. The van der Waals surface area contributed by atoms with E-state index >= 15 is 0 Å². The lowest BCUT2D eigenvalue weighted by Gasteiger charge is -2.43. The summed E-state index contributed by atoms with van der Waals surface area (Å²) >= 11 is 0. The molecule has 11 heteroatoms. The zero-order valence-electron chi connectivity index (χ0n) is 18.0. The van der Waals surface area contributed by atoms with Crippen LogP contribution < -0.4 is 0 Å². The van der Waals surface area contributed by atoms with Gasteiger partial charge in [0.1, 0.15) is 48.8 Å². The Balaban J connectivity index is 1.94. The van der Waals surface area contributed by atoms with Crippen LogP contribution in [0.15, 0.2) is 11.6 Å². The largest absolute Gasteiger partial charge is 0.394 e. The van der Waals surface area contributed by atoms with Gasteiger partial charge in [0, 0.05) is 0 Å². The van der Waals surface area contributed by atoms with Crippen molar-refractivity contribution >= 4 is 0 Å². The molecule has 31 heavy (non-hydrogen) atoms. The summed E-state index contributed by atoms with van der Waals surface area (Å²) in [6.07, 6.45) is -11.1. The van der Waals surface area contributed by atoms with Crippen molar-refractivity contribution in [3.05, 3.63) is 11.6 Å². The van der Waals surface area contributed by atoms with E-state index in [-0.39, 0.29) is 12.7 Å². The highest BCUT2D eigenvalue weighted by Gasteiger charge is 2.47. The summed E-state index contributed by atoms with van der Waals surface area (Å²) in [4.78, 5) is 0. The van der Waals surface area contributed by atoms with Crippen molar-refractivity contribution in [3.63, 3.8) is 0 Å². The summed E-state index contributed by atoms with van der Waals surface area (Å²) in [5.41, 5.74) is 1.17. The van der Waals surface area contributed by atoms with Gasteiger partial charge in [0.15, 0.2) is 12.6 Å². The van der Waals surface area contributed by atoms with Crippen LogP contribution in [0.3, 0.4) is 0 Å². The molecule has 0 aromatic rings. The molecule has 2 saturated heterocycles. The van der Waals surface area contributed by atoms with Gasteiger partial charge in [-0.25, -0.2) is 0 Å². The fourth-order valence-electron chi connectivity index (χ4n) is 3.47. The van der Waals surface area contributed by atoms with Gasteiger partial charge in [0.2, 0.25) is 0 Å². The van der Waals surface area contributed by atoms with Crippen molar-refractivity contribution in [1.82, 2.24) is 0 Å². The summed E-state index contributed by atoms with van der Waals surface area (Å²) in [6.45, 7) is 4.76. The Morgan fingerprint density at radius 3 is 1.97 bits per heavy atom. The van der Waals surface area contributed by atoms with Crippen LogP contribution in [-0.4, -0.2) is 116 Å². The van der Waals surface area contributed by atoms with Crippen LogP contribution in [0.25, 0.3) is 0 Å². The third kappa shape index (κ3) is 6.89. The van der Waals surface area contributed by atoms with Crippen molar-refractivity contribution in [1.29, 1.82) is 0 Å². The Hall–Kier alpha value is -0.700. The number of rotatable bonds is 9. The second-order valence-corrected chi connectivity index (χ2v) is 8.35. The highest BCUT2D eigenvalue weighted by molar-refractivity contribution is 4.94. The zero-order chi connectivity index (χ0) is 23.3. The van der Waals surface area contributed by atoms with Gasteiger partial charge < -0.3 is 54.7 Å². The van der Waals surface area contributed by atoms with Gasteiger partial charge in [-0.3, -0.25) is 0 Å². The Kier molecular flexibility index (Phi) is 10.2. The molecular formula is C20H36O11. The summed E-state index contributed by atoms with van der Waals surface area (Å²) in [5, 5.41) is 69.6. The van der Waals surface area contributed by atoms with Gasteiger partial charge in [-0.1, -0.05) is 11.6 Å². The number of aliphatic hydroxyl groups excluding tert-OH is 7. The van der Waals surface area contributed by atoms with Gasteiger partial charge >= 0.3 is 0 Å². The second kappa shape index (κ2) is 12.0. The molecule has 11 atom stereocenters. The molecule has 0 amide bonds. The Morgan fingerprint density at radius 1 is 0.839 bits per heavy atom. The maximum atomic E-state index is 10.2. The summed E-state index contributed by atoms with van der Waals surface area (Å²) < 4.78 is 21.9. The zero-order valence-corrected chi connectivity index (χ0v) is 18.0. The van der Waals surface area contributed by atoms with Gasteiger partial charge in [0.05, 0.1) is 19.3 Å². The molecule has 182 valence electrons. The molecular weight excluding hydrogens is 416 g/mol. The Morgan fingerprint density at radius 2 is 1.39 bits per heavy atom. The molecule has 2 fully saturated rings. The SMILES string of the molecule is CC(C)=CCCC(C)OC1OC(COC2OC(CO)C(O)C(O)C2O)C(O)C(O)C1O. The smallest absolute Gasteiger partial charge is 0.186 e. The normalized spacial score (nSPS) is 42.3. The van der Waals surface area contributed by atoms with Crippen LogP contribution in [0.4, 0.5) is 0 Å². The first-order chi connectivity index (χ1) is 14.6. The molecule has 2 aliphatic heterocycles. The fraction of sp³-hybridized carbons (Fsp3) is 0.900. The minimum atomic E-state index is -1.61. The molecule has 2 rings (SSSR count). The Labute approximate surface area is 181 Å². The molecule has 0 radical (unpaired) electrons. The number of aliphatic hydroxyl groups is 7. The molecule has 0 bridgehead atoms. The van der Waals surface area contributed by atoms with E-state index in [1.807, 2.05) is 19.9 Å². The highest BCUT2D eigenvalue weighted by Crippen LogP contribution is 2.26. The minimum Gasteiger partial charge on any atom is -0.394 e. The van der Waals surface area contributed by atoms with E-state index in [2.05, 4.69) is 0 Å². The van der Waals surface area contributed by atoms with Crippen LogP contribution in [0.5, 0.6) is 0 Å². The molecule has 11 nitrogen and oxygen atoms in total. The molecule has 0 aromatic carbocycles. The van der Waals surface area contributed by atoms with Crippen LogP contribution >= 0.6 is 0 Å². The first-order valence-corrected chi connectivity index (χ1v) is 10.5. The van der Waals surface area contributed by atoms with Crippen LogP contribution in [0.1, 0.15) is 33.6 Å². The van der Waals surface area contributed by atoms with E-state index in [9.17, 15) is 35.7 Å². The van der Waals surface area contributed by atoms with Gasteiger partial charge in [0.25, 0.3) is 0 Å². The summed E-state index contributed by atoms with van der Waals surface area (Å²) in [6, 6.07) is 0. The fourth-order valence-corrected chi connectivity index (χ4v) is 3.47. The van der Waals surface area contributed by atoms with E-state index in [1.165, 1.54) is 5.57 Å². The Bertz CT molecular complexity index is 567. The lowest BCUT2D eigenvalue weighted by atomic mass is 9.98. The van der Waals surface area contributed by atoms with Crippen molar-refractivity contribution in [2.45, 2.75) is 101 Å². The minimum absolute atomic E-state index is 0.301. The van der Waals surface area contributed by atoms with Crippen molar-refractivity contribution in [3.8, 4) is 0 Å². The summed E-state index contributed by atoms with van der Waals surface area (Å²) in [7, 11) is 0. The van der Waals surface area contributed by atoms with Crippen molar-refractivity contribution in [2.24, 2.45) is 0 Å². The maximum absolute atomic E-state index is 10.2.